The van der Waals surface area contributed by atoms with Crippen LogP contribution in [-0.2, 0) is 14.6 Å². The number of sulfone groups is 1. The van der Waals surface area contributed by atoms with Gasteiger partial charge in [0, 0.05) is 13.2 Å². The Bertz CT molecular complexity index is 251. The quantitative estimate of drug-likeness (QED) is 0.679. The predicted molar refractivity (Wildman–Crippen MR) is 62.9 cm³/mol. The molecule has 0 fully saturated rings. The third-order valence-corrected chi connectivity index (χ3v) is 4.84. The van der Waals surface area contributed by atoms with Gasteiger partial charge >= 0.3 is 0 Å². The Balaban J connectivity index is 4.21. The highest BCUT2D eigenvalue weighted by Crippen LogP contribution is 2.07. The maximum absolute atomic E-state index is 11.8. The molecule has 0 amide bonds. The molecule has 15 heavy (non-hydrogen) atoms. The van der Waals surface area contributed by atoms with Crippen LogP contribution in [0.25, 0.3) is 0 Å². The minimum absolute atomic E-state index is 0.00759. The molecular formula is C10H23NO3S. The summed E-state index contributed by atoms with van der Waals surface area (Å²) in [5, 5.41) is 2.83. The van der Waals surface area contributed by atoms with E-state index in [0.717, 1.165) is 13.0 Å². The topological polar surface area (TPSA) is 55.4 Å². The molecule has 0 spiro atoms. The zero-order valence-electron chi connectivity index (χ0n) is 10.1. The average molecular weight is 237 g/mol. The van der Waals surface area contributed by atoms with Crippen LogP contribution in [0, 0.1) is 0 Å². The zero-order chi connectivity index (χ0) is 11.9. The van der Waals surface area contributed by atoms with Crippen molar-refractivity contribution in [2.75, 3.05) is 26.0 Å². The molecule has 2 atom stereocenters. The third kappa shape index (κ3) is 5.49. The Kier molecular flexibility index (Phi) is 7.13. The van der Waals surface area contributed by atoms with Crippen molar-refractivity contribution in [2.24, 2.45) is 0 Å². The van der Waals surface area contributed by atoms with Gasteiger partial charge in [-0.05, 0) is 26.8 Å². The zero-order valence-corrected chi connectivity index (χ0v) is 10.9. The largest absolute Gasteiger partial charge is 0.384 e. The molecule has 0 aromatic rings. The Labute approximate surface area is 93.3 Å². The molecule has 0 aliphatic rings. The molecule has 92 valence electrons. The van der Waals surface area contributed by atoms with E-state index in [-0.39, 0.29) is 23.7 Å². The van der Waals surface area contributed by atoms with E-state index < -0.39 is 9.84 Å². The first-order valence-corrected chi connectivity index (χ1v) is 7.11. The summed E-state index contributed by atoms with van der Waals surface area (Å²) in [6, 6.07) is -0.00759. The molecule has 0 saturated heterocycles. The second kappa shape index (κ2) is 7.19. The second-order valence-corrected chi connectivity index (χ2v) is 6.29. The lowest BCUT2D eigenvalue weighted by Crippen LogP contribution is -2.42. The van der Waals surface area contributed by atoms with Crippen molar-refractivity contribution in [3.63, 3.8) is 0 Å². The summed E-state index contributed by atoms with van der Waals surface area (Å²) in [4.78, 5) is 0. The van der Waals surface area contributed by atoms with E-state index in [4.69, 9.17) is 4.74 Å². The number of hydrogen-bond acceptors (Lipinski definition) is 4. The van der Waals surface area contributed by atoms with Crippen LogP contribution in [0.3, 0.4) is 0 Å². The van der Waals surface area contributed by atoms with Crippen molar-refractivity contribution < 1.29 is 13.2 Å². The highest BCUT2D eigenvalue weighted by Gasteiger charge is 2.25. The monoisotopic (exact) mass is 237 g/mol. The number of nitrogens with one attached hydrogen (secondary N) is 1. The van der Waals surface area contributed by atoms with Gasteiger partial charge in [0.1, 0.15) is 0 Å². The molecule has 4 nitrogen and oxygen atoms in total. The van der Waals surface area contributed by atoms with Gasteiger partial charge in [-0.3, -0.25) is 0 Å². The summed E-state index contributed by atoms with van der Waals surface area (Å²) < 4.78 is 28.3. The summed E-state index contributed by atoms with van der Waals surface area (Å²) in [7, 11) is -1.53. The van der Waals surface area contributed by atoms with E-state index in [1.165, 1.54) is 7.11 Å². The van der Waals surface area contributed by atoms with Crippen molar-refractivity contribution >= 4 is 9.84 Å². The van der Waals surface area contributed by atoms with Gasteiger partial charge in [-0.25, -0.2) is 8.42 Å². The predicted octanol–water partition coefficient (Wildman–Crippen LogP) is 0.824. The van der Waals surface area contributed by atoms with E-state index in [9.17, 15) is 8.42 Å². The molecule has 0 bridgehead atoms. The van der Waals surface area contributed by atoms with Crippen LogP contribution in [0.1, 0.15) is 27.2 Å². The number of ether oxygens (including phenoxy) is 1. The van der Waals surface area contributed by atoms with Crippen LogP contribution < -0.4 is 5.32 Å². The molecule has 0 aromatic heterocycles. The Hall–Kier alpha value is -0.130. The third-order valence-electron chi connectivity index (χ3n) is 2.56. The van der Waals surface area contributed by atoms with E-state index in [1.54, 1.807) is 6.92 Å². The summed E-state index contributed by atoms with van der Waals surface area (Å²) >= 11 is 0. The molecule has 0 aliphatic carbocycles. The van der Waals surface area contributed by atoms with Gasteiger partial charge in [-0.15, -0.1) is 0 Å². The van der Waals surface area contributed by atoms with Gasteiger partial charge in [0.05, 0.1) is 17.6 Å². The summed E-state index contributed by atoms with van der Waals surface area (Å²) in [5.41, 5.74) is 0. The molecule has 2 unspecified atom stereocenters. The molecule has 0 aromatic carbocycles. The average Bonchev–Trinajstić information content (AvgIpc) is 2.21. The fraction of sp³-hybridized carbons (Fsp3) is 1.00. The maximum atomic E-state index is 11.8. The van der Waals surface area contributed by atoms with Gasteiger partial charge in [-0.2, -0.15) is 0 Å². The van der Waals surface area contributed by atoms with E-state index in [1.807, 2.05) is 6.92 Å². The van der Waals surface area contributed by atoms with Gasteiger partial charge in [0.15, 0.2) is 9.84 Å². The second-order valence-electron chi connectivity index (χ2n) is 3.81. The van der Waals surface area contributed by atoms with Crippen molar-refractivity contribution in [1.82, 2.24) is 5.32 Å². The Morgan fingerprint density at radius 2 is 1.93 bits per heavy atom. The van der Waals surface area contributed by atoms with Crippen LogP contribution in [-0.4, -0.2) is 45.7 Å². The molecule has 1 N–H and O–H groups in total. The summed E-state index contributed by atoms with van der Waals surface area (Å²) in [5.74, 6) is 0.100. The highest BCUT2D eigenvalue weighted by atomic mass is 32.2. The fourth-order valence-corrected chi connectivity index (χ4v) is 2.72. The van der Waals surface area contributed by atoms with Gasteiger partial charge in [-0.1, -0.05) is 6.92 Å². The Morgan fingerprint density at radius 3 is 2.40 bits per heavy atom. The number of hydrogen-bond donors (Lipinski definition) is 1. The number of methoxy groups -OCH3 is 1. The first-order valence-electron chi connectivity index (χ1n) is 5.39. The van der Waals surface area contributed by atoms with Crippen molar-refractivity contribution in [3.8, 4) is 0 Å². The lowest BCUT2D eigenvalue weighted by molar-refractivity contribution is 0.217. The minimum atomic E-state index is -3.04. The van der Waals surface area contributed by atoms with Crippen molar-refractivity contribution in [1.29, 1.82) is 0 Å². The summed E-state index contributed by atoms with van der Waals surface area (Å²) in [6.45, 7) is 6.84. The molecular weight excluding hydrogens is 214 g/mol. The molecule has 5 heteroatoms. The van der Waals surface area contributed by atoms with Crippen molar-refractivity contribution in [3.05, 3.63) is 0 Å². The fourth-order valence-electron chi connectivity index (χ4n) is 1.23. The van der Waals surface area contributed by atoms with Gasteiger partial charge < -0.3 is 10.1 Å². The Morgan fingerprint density at radius 1 is 1.33 bits per heavy atom. The molecule has 0 aliphatic heterocycles. The minimum Gasteiger partial charge on any atom is -0.384 e. The van der Waals surface area contributed by atoms with Crippen LogP contribution in [0.15, 0.2) is 0 Å². The van der Waals surface area contributed by atoms with Crippen LogP contribution in [0.4, 0.5) is 0 Å². The van der Waals surface area contributed by atoms with Crippen molar-refractivity contribution in [2.45, 2.75) is 38.5 Å². The van der Waals surface area contributed by atoms with Gasteiger partial charge in [0.25, 0.3) is 0 Å². The lowest BCUT2D eigenvalue weighted by Gasteiger charge is -2.21. The van der Waals surface area contributed by atoms with E-state index in [2.05, 4.69) is 12.2 Å². The van der Waals surface area contributed by atoms with E-state index in [0.29, 0.717) is 0 Å². The SMILES string of the molecule is CCCNC(C)C(C)S(=O)(=O)CCOC. The smallest absolute Gasteiger partial charge is 0.156 e. The van der Waals surface area contributed by atoms with Crippen LogP contribution in [0.5, 0.6) is 0 Å². The molecule has 0 rings (SSSR count). The first kappa shape index (κ1) is 14.9. The molecule has 0 saturated carbocycles. The van der Waals surface area contributed by atoms with Crippen LogP contribution >= 0.6 is 0 Å². The first-order chi connectivity index (χ1) is 6.95. The summed E-state index contributed by atoms with van der Waals surface area (Å²) in [6.07, 6.45) is 1.01. The number of rotatable bonds is 8. The normalized spacial score (nSPS) is 16.3. The highest BCUT2D eigenvalue weighted by molar-refractivity contribution is 7.92. The van der Waals surface area contributed by atoms with Crippen LogP contribution in [0.2, 0.25) is 0 Å². The molecule has 0 heterocycles. The maximum Gasteiger partial charge on any atom is 0.156 e. The van der Waals surface area contributed by atoms with Gasteiger partial charge in [0.2, 0.25) is 0 Å². The molecule has 0 radical (unpaired) electrons. The lowest BCUT2D eigenvalue weighted by atomic mass is 10.2. The van der Waals surface area contributed by atoms with E-state index >= 15 is 0 Å². The standard InChI is InChI=1S/C10H23NO3S/c1-5-6-11-9(2)10(3)15(12,13)8-7-14-4/h9-11H,5-8H2,1-4H3.